The SMILES string of the molecule is O=C(COc1cccc(-c2noc(-c3cccc(F)c3)n2)c1)Nc1ccc(F)cc1. The molecule has 0 aliphatic carbocycles. The van der Waals surface area contributed by atoms with Gasteiger partial charge in [-0.15, -0.1) is 0 Å². The van der Waals surface area contributed by atoms with Gasteiger partial charge in [-0.05, 0) is 54.6 Å². The second-order valence-corrected chi connectivity index (χ2v) is 6.31. The highest BCUT2D eigenvalue weighted by Gasteiger charge is 2.12. The van der Waals surface area contributed by atoms with Crippen molar-refractivity contribution in [1.82, 2.24) is 10.1 Å². The van der Waals surface area contributed by atoms with E-state index in [0.29, 0.717) is 28.4 Å². The number of hydrogen-bond donors (Lipinski definition) is 1. The van der Waals surface area contributed by atoms with Gasteiger partial charge >= 0.3 is 0 Å². The topological polar surface area (TPSA) is 77.2 Å². The molecule has 0 radical (unpaired) electrons. The fourth-order valence-corrected chi connectivity index (χ4v) is 2.68. The molecule has 0 aliphatic heterocycles. The lowest BCUT2D eigenvalue weighted by atomic mass is 10.2. The van der Waals surface area contributed by atoms with Crippen molar-refractivity contribution in [2.45, 2.75) is 0 Å². The van der Waals surface area contributed by atoms with Gasteiger partial charge in [0.05, 0.1) is 0 Å². The highest BCUT2D eigenvalue weighted by Crippen LogP contribution is 2.25. The van der Waals surface area contributed by atoms with Crippen molar-refractivity contribution in [2.75, 3.05) is 11.9 Å². The summed E-state index contributed by atoms with van der Waals surface area (Å²) in [7, 11) is 0. The van der Waals surface area contributed by atoms with E-state index in [2.05, 4.69) is 15.5 Å². The second kappa shape index (κ2) is 8.52. The monoisotopic (exact) mass is 407 g/mol. The van der Waals surface area contributed by atoms with Gasteiger partial charge in [0.2, 0.25) is 5.82 Å². The molecule has 3 aromatic carbocycles. The van der Waals surface area contributed by atoms with Crippen molar-refractivity contribution >= 4 is 11.6 Å². The van der Waals surface area contributed by atoms with Crippen LogP contribution in [0.5, 0.6) is 5.75 Å². The molecule has 4 rings (SSSR count). The van der Waals surface area contributed by atoms with Crippen molar-refractivity contribution < 1.29 is 22.8 Å². The summed E-state index contributed by atoms with van der Waals surface area (Å²) in [6, 6.07) is 18.1. The van der Waals surface area contributed by atoms with Crippen molar-refractivity contribution in [1.29, 1.82) is 0 Å². The molecule has 0 bridgehead atoms. The molecule has 0 atom stereocenters. The van der Waals surface area contributed by atoms with Gasteiger partial charge in [-0.25, -0.2) is 8.78 Å². The van der Waals surface area contributed by atoms with Gasteiger partial charge in [0.15, 0.2) is 6.61 Å². The number of nitrogens with zero attached hydrogens (tertiary/aromatic N) is 2. The first-order valence-corrected chi connectivity index (χ1v) is 8.95. The third-order valence-electron chi connectivity index (χ3n) is 4.09. The van der Waals surface area contributed by atoms with Crippen LogP contribution >= 0.6 is 0 Å². The van der Waals surface area contributed by atoms with E-state index in [-0.39, 0.29) is 24.2 Å². The summed E-state index contributed by atoms with van der Waals surface area (Å²) in [4.78, 5) is 16.3. The predicted octanol–water partition coefficient (Wildman–Crippen LogP) is 4.70. The van der Waals surface area contributed by atoms with Crippen LogP contribution in [0, 0.1) is 11.6 Å². The van der Waals surface area contributed by atoms with E-state index in [4.69, 9.17) is 9.26 Å². The molecular formula is C22H15F2N3O3. The van der Waals surface area contributed by atoms with Crippen LogP contribution < -0.4 is 10.1 Å². The molecule has 1 amide bonds. The number of hydrogen-bond acceptors (Lipinski definition) is 5. The van der Waals surface area contributed by atoms with E-state index in [9.17, 15) is 13.6 Å². The van der Waals surface area contributed by atoms with Crippen molar-refractivity contribution in [3.8, 4) is 28.6 Å². The lowest BCUT2D eigenvalue weighted by Gasteiger charge is -2.08. The Morgan fingerprint density at radius 3 is 2.50 bits per heavy atom. The summed E-state index contributed by atoms with van der Waals surface area (Å²) in [6.07, 6.45) is 0. The van der Waals surface area contributed by atoms with E-state index in [1.165, 1.54) is 36.4 Å². The number of halogens is 2. The molecule has 30 heavy (non-hydrogen) atoms. The predicted molar refractivity (Wildman–Crippen MR) is 106 cm³/mol. The van der Waals surface area contributed by atoms with Gasteiger partial charge in [-0.3, -0.25) is 4.79 Å². The molecule has 6 nitrogen and oxygen atoms in total. The molecular weight excluding hydrogens is 392 g/mol. The number of rotatable bonds is 6. The van der Waals surface area contributed by atoms with E-state index in [0.717, 1.165) is 0 Å². The quantitative estimate of drug-likeness (QED) is 0.501. The number of aromatic nitrogens is 2. The fraction of sp³-hybridized carbons (Fsp3) is 0.0455. The van der Waals surface area contributed by atoms with Crippen LogP contribution in [0.25, 0.3) is 22.8 Å². The van der Waals surface area contributed by atoms with Crippen LogP contribution in [0.2, 0.25) is 0 Å². The maximum absolute atomic E-state index is 13.4. The van der Waals surface area contributed by atoms with Crippen LogP contribution in [0.1, 0.15) is 0 Å². The maximum atomic E-state index is 13.4. The number of nitrogens with one attached hydrogen (secondary N) is 1. The smallest absolute Gasteiger partial charge is 0.262 e. The highest BCUT2D eigenvalue weighted by molar-refractivity contribution is 5.91. The average molecular weight is 407 g/mol. The standard InChI is InChI=1S/C22H15F2N3O3/c23-16-7-9-18(10-8-16)25-20(28)13-29-19-6-2-3-14(12-19)21-26-22(30-27-21)15-4-1-5-17(24)11-15/h1-12H,13H2,(H,25,28). The number of amides is 1. The van der Waals surface area contributed by atoms with E-state index in [1.807, 2.05) is 0 Å². The van der Waals surface area contributed by atoms with E-state index in [1.54, 1.807) is 36.4 Å². The zero-order valence-electron chi connectivity index (χ0n) is 15.5. The Morgan fingerprint density at radius 1 is 0.933 bits per heavy atom. The summed E-state index contributed by atoms with van der Waals surface area (Å²) in [5.74, 6) is -0.256. The van der Waals surface area contributed by atoms with Gasteiger partial charge in [0.25, 0.3) is 11.8 Å². The molecule has 1 N–H and O–H groups in total. The van der Waals surface area contributed by atoms with Crippen LogP contribution in [-0.2, 0) is 4.79 Å². The van der Waals surface area contributed by atoms with Crippen LogP contribution in [0.3, 0.4) is 0 Å². The molecule has 0 saturated heterocycles. The van der Waals surface area contributed by atoms with Gasteiger partial charge < -0.3 is 14.6 Å². The number of anilines is 1. The summed E-state index contributed by atoms with van der Waals surface area (Å²) in [5.41, 5.74) is 1.55. The summed E-state index contributed by atoms with van der Waals surface area (Å²) in [5, 5.41) is 6.53. The van der Waals surface area contributed by atoms with Gasteiger partial charge in [-0.1, -0.05) is 23.4 Å². The lowest BCUT2D eigenvalue weighted by molar-refractivity contribution is -0.118. The molecule has 1 heterocycles. The number of carbonyl (C=O) groups is 1. The van der Waals surface area contributed by atoms with Gasteiger partial charge in [0.1, 0.15) is 17.4 Å². The summed E-state index contributed by atoms with van der Waals surface area (Å²) >= 11 is 0. The third-order valence-corrected chi connectivity index (χ3v) is 4.09. The molecule has 1 aromatic heterocycles. The molecule has 150 valence electrons. The Kier molecular flexibility index (Phi) is 5.47. The molecule has 0 fully saturated rings. The lowest BCUT2D eigenvalue weighted by Crippen LogP contribution is -2.20. The third kappa shape index (κ3) is 4.67. The minimum Gasteiger partial charge on any atom is -0.484 e. The molecule has 0 aliphatic rings. The van der Waals surface area contributed by atoms with Gasteiger partial charge in [0, 0.05) is 16.8 Å². The maximum Gasteiger partial charge on any atom is 0.262 e. The van der Waals surface area contributed by atoms with Crippen molar-refractivity contribution in [3.05, 3.63) is 84.4 Å². The zero-order chi connectivity index (χ0) is 20.9. The Bertz CT molecular complexity index is 1180. The highest BCUT2D eigenvalue weighted by atomic mass is 19.1. The Balaban J connectivity index is 1.41. The normalized spacial score (nSPS) is 10.6. The van der Waals surface area contributed by atoms with E-state index >= 15 is 0 Å². The van der Waals surface area contributed by atoms with Crippen LogP contribution in [0.4, 0.5) is 14.5 Å². The Morgan fingerprint density at radius 2 is 1.70 bits per heavy atom. The molecule has 0 spiro atoms. The van der Waals surface area contributed by atoms with Crippen LogP contribution in [-0.4, -0.2) is 22.7 Å². The number of carbonyl (C=O) groups excluding carboxylic acids is 1. The Hall–Kier alpha value is -4.07. The zero-order valence-corrected chi connectivity index (χ0v) is 15.5. The first-order chi connectivity index (χ1) is 14.6. The first kappa shape index (κ1) is 19.3. The molecule has 4 aromatic rings. The molecule has 8 heteroatoms. The summed E-state index contributed by atoms with van der Waals surface area (Å²) in [6.45, 7) is -0.235. The van der Waals surface area contributed by atoms with Gasteiger partial charge in [-0.2, -0.15) is 4.98 Å². The number of ether oxygens (including phenoxy) is 1. The van der Waals surface area contributed by atoms with Crippen molar-refractivity contribution in [3.63, 3.8) is 0 Å². The van der Waals surface area contributed by atoms with Crippen molar-refractivity contribution in [2.24, 2.45) is 0 Å². The minimum atomic E-state index is -0.401. The average Bonchev–Trinajstić information content (AvgIpc) is 3.25. The fourth-order valence-electron chi connectivity index (χ4n) is 2.68. The Labute approximate surface area is 170 Å². The first-order valence-electron chi connectivity index (χ1n) is 8.95. The largest absolute Gasteiger partial charge is 0.484 e. The van der Waals surface area contributed by atoms with E-state index < -0.39 is 5.82 Å². The second-order valence-electron chi connectivity index (χ2n) is 6.31. The molecule has 0 unspecified atom stereocenters. The van der Waals surface area contributed by atoms with Crippen LogP contribution in [0.15, 0.2) is 77.3 Å². The minimum absolute atomic E-state index is 0.189. The number of benzene rings is 3. The molecule has 0 saturated carbocycles. The summed E-state index contributed by atoms with van der Waals surface area (Å²) < 4.78 is 37.0.